The van der Waals surface area contributed by atoms with E-state index in [0.717, 1.165) is 11.3 Å². The highest BCUT2D eigenvalue weighted by molar-refractivity contribution is 6.30. The Morgan fingerprint density at radius 2 is 2.00 bits per heavy atom. The van der Waals surface area contributed by atoms with E-state index >= 15 is 0 Å². The largest absolute Gasteiger partial charge is 0.439 e. The van der Waals surface area contributed by atoms with Gasteiger partial charge in [0.2, 0.25) is 5.89 Å². The van der Waals surface area contributed by atoms with E-state index in [2.05, 4.69) is 10.3 Å². The van der Waals surface area contributed by atoms with Gasteiger partial charge in [0.15, 0.2) is 5.76 Å². The number of nitrogens with zero attached hydrogens (tertiary/aromatic N) is 2. The molecule has 5 nitrogen and oxygen atoms in total. The molecule has 2 aromatic carbocycles. The van der Waals surface area contributed by atoms with Crippen molar-refractivity contribution in [3.63, 3.8) is 0 Å². The quantitative estimate of drug-likeness (QED) is 0.741. The van der Waals surface area contributed by atoms with Crippen LogP contribution < -0.4 is 5.32 Å². The zero-order valence-corrected chi connectivity index (χ0v) is 14.7. The Bertz CT molecular complexity index is 890. The number of para-hydroxylation sites is 1. The Morgan fingerprint density at radius 1 is 1.20 bits per heavy atom. The Hall–Kier alpha value is -2.79. The third-order valence-corrected chi connectivity index (χ3v) is 3.89. The first-order valence-electron chi connectivity index (χ1n) is 7.80. The first-order valence-corrected chi connectivity index (χ1v) is 8.17. The number of amides is 1. The number of anilines is 1. The number of halogens is 1. The third kappa shape index (κ3) is 4.00. The summed E-state index contributed by atoms with van der Waals surface area (Å²) in [6, 6.07) is 14.8. The van der Waals surface area contributed by atoms with Gasteiger partial charge in [-0.1, -0.05) is 35.9 Å². The van der Waals surface area contributed by atoms with Crippen LogP contribution in [0.25, 0.3) is 11.3 Å². The van der Waals surface area contributed by atoms with Gasteiger partial charge in [-0.05, 0) is 24.3 Å². The summed E-state index contributed by atoms with van der Waals surface area (Å²) >= 11 is 6.00. The molecule has 0 spiro atoms. The van der Waals surface area contributed by atoms with Crippen molar-refractivity contribution < 1.29 is 9.21 Å². The van der Waals surface area contributed by atoms with Crippen LogP contribution in [0.1, 0.15) is 16.2 Å². The summed E-state index contributed by atoms with van der Waals surface area (Å²) in [5.41, 5.74) is 2.22. The molecule has 0 fully saturated rings. The van der Waals surface area contributed by atoms with E-state index in [-0.39, 0.29) is 5.91 Å². The molecule has 1 aromatic heterocycles. The van der Waals surface area contributed by atoms with Crippen molar-refractivity contribution in [1.29, 1.82) is 0 Å². The highest BCUT2D eigenvalue weighted by Crippen LogP contribution is 2.24. The van der Waals surface area contributed by atoms with Gasteiger partial charge in [-0.2, -0.15) is 0 Å². The molecule has 1 amide bonds. The minimum absolute atomic E-state index is 0.0601. The smallest absolute Gasteiger partial charge is 0.255 e. The van der Waals surface area contributed by atoms with E-state index in [0.29, 0.717) is 28.8 Å². The average Bonchev–Trinajstić information content (AvgIpc) is 3.08. The number of carbonyl (C=O) groups excluding carboxylic acids is 1. The van der Waals surface area contributed by atoms with Gasteiger partial charge in [0.05, 0.1) is 18.3 Å². The van der Waals surface area contributed by atoms with E-state index < -0.39 is 0 Å². The maximum Gasteiger partial charge on any atom is 0.255 e. The van der Waals surface area contributed by atoms with Crippen LogP contribution in [-0.2, 0) is 6.54 Å². The molecule has 0 aliphatic carbocycles. The number of hydrogen-bond acceptors (Lipinski definition) is 4. The second-order valence-electron chi connectivity index (χ2n) is 5.73. The molecule has 6 heteroatoms. The molecule has 3 aromatic rings. The van der Waals surface area contributed by atoms with Crippen LogP contribution in [0.15, 0.2) is 59.1 Å². The fraction of sp³-hybridized carbons (Fsp3) is 0.158. The first-order chi connectivity index (χ1) is 12.0. The van der Waals surface area contributed by atoms with Crippen molar-refractivity contribution in [1.82, 2.24) is 9.88 Å². The fourth-order valence-corrected chi connectivity index (χ4v) is 2.59. The summed E-state index contributed by atoms with van der Waals surface area (Å²) in [6.45, 7) is 0.373. The van der Waals surface area contributed by atoms with Crippen LogP contribution in [-0.4, -0.2) is 29.9 Å². The minimum atomic E-state index is -0.0601. The van der Waals surface area contributed by atoms with Crippen LogP contribution in [0, 0.1) is 0 Å². The van der Waals surface area contributed by atoms with Gasteiger partial charge in [-0.3, -0.25) is 4.79 Å². The standard InChI is InChI=1S/C19H18ClN3O2/c1-23(2)19(24)15-8-3-4-9-16(15)21-12-18-22-11-17(25-18)13-6-5-7-14(20)10-13/h3-11,21H,12H2,1-2H3. The number of benzene rings is 2. The van der Waals surface area contributed by atoms with Gasteiger partial charge in [0, 0.05) is 30.4 Å². The summed E-state index contributed by atoms with van der Waals surface area (Å²) in [5.74, 6) is 1.12. The Labute approximate surface area is 151 Å². The Balaban J connectivity index is 1.74. The van der Waals surface area contributed by atoms with Crippen LogP contribution in [0.5, 0.6) is 0 Å². The number of aromatic nitrogens is 1. The maximum atomic E-state index is 12.2. The molecule has 0 bridgehead atoms. The van der Waals surface area contributed by atoms with Crippen molar-refractivity contribution in [2.45, 2.75) is 6.54 Å². The lowest BCUT2D eigenvalue weighted by atomic mass is 10.1. The summed E-state index contributed by atoms with van der Waals surface area (Å²) in [5, 5.41) is 3.85. The van der Waals surface area contributed by atoms with Crippen LogP contribution in [0.3, 0.4) is 0 Å². The molecular formula is C19H18ClN3O2. The molecule has 0 unspecified atom stereocenters. The zero-order valence-electron chi connectivity index (χ0n) is 14.0. The lowest BCUT2D eigenvalue weighted by Gasteiger charge is -2.14. The molecule has 0 aliphatic heterocycles. The predicted octanol–water partition coefficient (Wildman–Crippen LogP) is 4.31. The second-order valence-corrected chi connectivity index (χ2v) is 6.16. The van der Waals surface area contributed by atoms with Crippen molar-refractivity contribution in [2.24, 2.45) is 0 Å². The molecule has 0 aliphatic rings. The van der Waals surface area contributed by atoms with E-state index in [4.69, 9.17) is 16.0 Å². The van der Waals surface area contributed by atoms with Crippen LogP contribution >= 0.6 is 11.6 Å². The summed E-state index contributed by atoms with van der Waals surface area (Å²) in [7, 11) is 3.45. The lowest BCUT2D eigenvalue weighted by molar-refractivity contribution is 0.0828. The first kappa shape index (κ1) is 17.0. The maximum absolute atomic E-state index is 12.2. The number of rotatable bonds is 5. The fourth-order valence-electron chi connectivity index (χ4n) is 2.40. The van der Waals surface area contributed by atoms with Crippen molar-refractivity contribution in [3.05, 3.63) is 71.2 Å². The molecule has 0 saturated heterocycles. The predicted molar refractivity (Wildman–Crippen MR) is 98.7 cm³/mol. The number of oxazole rings is 1. The van der Waals surface area contributed by atoms with Gasteiger partial charge in [-0.25, -0.2) is 4.98 Å². The highest BCUT2D eigenvalue weighted by Gasteiger charge is 2.13. The van der Waals surface area contributed by atoms with E-state index in [1.54, 1.807) is 31.3 Å². The average molecular weight is 356 g/mol. The Kier molecular flexibility index (Phi) is 5.05. The summed E-state index contributed by atoms with van der Waals surface area (Å²) < 4.78 is 5.77. The van der Waals surface area contributed by atoms with Gasteiger partial charge >= 0.3 is 0 Å². The molecule has 128 valence electrons. The molecule has 25 heavy (non-hydrogen) atoms. The van der Waals surface area contributed by atoms with Crippen molar-refractivity contribution >= 4 is 23.2 Å². The molecule has 0 saturated carbocycles. The van der Waals surface area contributed by atoms with Crippen molar-refractivity contribution in [3.8, 4) is 11.3 Å². The zero-order chi connectivity index (χ0) is 17.8. The van der Waals surface area contributed by atoms with Gasteiger partial charge in [0.1, 0.15) is 0 Å². The summed E-state index contributed by atoms with van der Waals surface area (Å²) in [6.07, 6.45) is 1.67. The third-order valence-electron chi connectivity index (χ3n) is 3.66. The van der Waals surface area contributed by atoms with Gasteiger partial charge in [-0.15, -0.1) is 0 Å². The lowest BCUT2D eigenvalue weighted by Crippen LogP contribution is -2.22. The molecule has 1 heterocycles. The van der Waals surface area contributed by atoms with Crippen molar-refractivity contribution in [2.75, 3.05) is 19.4 Å². The number of hydrogen-bond donors (Lipinski definition) is 1. The van der Waals surface area contributed by atoms with Gasteiger partial charge < -0.3 is 14.6 Å². The molecule has 0 atom stereocenters. The topological polar surface area (TPSA) is 58.4 Å². The normalized spacial score (nSPS) is 10.5. The molecule has 1 N–H and O–H groups in total. The number of nitrogens with one attached hydrogen (secondary N) is 1. The van der Waals surface area contributed by atoms with Gasteiger partial charge in [0.25, 0.3) is 5.91 Å². The molecule has 0 radical (unpaired) electrons. The highest BCUT2D eigenvalue weighted by atomic mass is 35.5. The molecule has 3 rings (SSSR count). The Morgan fingerprint density at radius 3 is 2.76 bits per heavy atom. The summed E-state index contributed by atoms with van der Waals surface area (Å²) in [4.78, 5) is 18.1. The van der Waals surface area contributed by atoms with E-state index in [1.165, 1.54) is 0 Å². The molecular weight excluding hydrogens is 338 g/mol. The monoisotopic (exact) mass is 355 g/mol. The SMILES string of the molecule is CN(C)C(=O)c1ccccc1NCc1ncc(-c2cccc(Cl)c2)o1. The number of carbonyl (C=O) groups is 1. The second kappa shape index (κ2) is 7.40. The van der Waals surface area contributed by atoms with E-state index in [1.807, 2.05) is 42.5 Å². The van der Waals surface area contributed by atoms with E-state index in [9.17, 15) is 4.79 Å². The van der Waals surface area contributed by atoms with Crippen LogP contribution in [0.4, 0.5) is 5.69 Å². The minimum Gasteiger partial charge on any atom is -0.439 e. The van der Waals surface area contributed by atoms with Crippen LogP contribution in [0.2, 0.25) is 5.02 Å².